The maximum Gasteiger partial charge on any atom is 0.338 e. The van der Waals surface area contributed by atoms with Gasteiger partial charge in [-0.15, -0.1) is 0 Å². The van der Waals surface area contributed by atoms with Crippen molar-refractivity contribution in [2.75, 3.05) is 20.8 Å². The third-order valence-electron chi connectivity index (χ3n) is 1.96. The average Bonchev–Trinajstić information content (AvgIpc) is 2.23. The van der Waals surface area contributed by atoms with E-state index in [4.69, 9.17) is 14.6 Å². The number of hydrogen-bond acceptors (Lipinski definition) is 4. The van der Waals surface area contributed by atoms with Gasteiger partial charge in [-0.2, -0.15) is 0 Å². The second-order valence-corrected chi connectivity index (χ2v) is 6.48. The van der Waals surface area contributed by atoms with Crippen molar-refractivity contribution >= 4 is 8.56 Å². The number of hydrogen-bond donors (Lipinski definition) is 2. The van der Waals surface area contributed by atoms with Crippen LogP contribution in [-0.2, 0) is 8.85 Å². The predicted octanol–water partition coefficient (Wildman–Crippen LogP) is 0.927. The van der Waals surface area contributed by atoms with Crippen molar-refractivity contribution in [1.82, 2.24) is 5.32 Å². The van der Waals surface area contributed by atoms with Gasteiger partial charge >= 0.3 is 8.56 Å². The summed E-state index contributed by atoms with van der Waals surface area (Å²) < 4.78 is 10.6. The maximum atomic E-state index is 5.32. The largest absolute Gasteiger partial charge is 0.405 e. The third kappa shape index (κ3) is 5.79. The maximum absolute atomic E-state index is 5.32. The molecule has 0 atom stereocenters. The summed E-state index contributed by atoms with van der Waals surface area (Å²) in [5.41, 5.74) is 5.18. The molecule has 4 nitrogen and oxygen atoms in total. The molecule has 0 bridgehead atoms. The van der Waals surface area contributed by atoms with Crippen LogP contribution in [0.25, 0.3) is 0 Å². The zero-order chi connectivity index (χ0) is 10.9. The zero-order valence-corrected chi connectivity index (χ0v) is 10.1. The molecule has 0 aromatic carbocycles. The van der Waals surface area contributed by atoms with Crippen molar-refractivity contribution in [3.8, 4) is 0 Å². The summed E-state index contributed by atoms with van der Waals surface area (Å²) in [4.78, 5) is 0. The smallest absolute Gasteiger partial charge is 0.338 e. The molecule has 0 radical (unpaired) electrons. The van der Waals surface area contributed by atoms with Crippen molar-refractivity contribution < 1.29 is 8.85 Å². The van der Waals surface area contributed by atoms with Crippen molar-refractivity contribution in [3.63, 3.8) is 0 Å². The Labute approximate surface area is 87.0 Å². The minimum atomic E-state index is -1.94. The van der Waals surface area contributed by atoms with Gasteiger partial charge in [-0.25, -0.2) is 0 Å². The fraction of sp³-hybridized carbons (Fsp3) is 0.556. The molecular weight excluding hydrogens is 196 g/mol. The molecule has 0 saturated heterocycles. The number of rotatable bonds is 7. The molecule has 0 aliphatic carbocycles. The molecule has 0 aromatic heterocycles. The lowest BCUT2D eigenvalue weighted by Crippen LogP contribution is -2.35. The van der Waals surface area contributed by atoms with E-state index in [0.717, 1.165) is 12.6 Å². The van der Waals surface area contributed by atoms with Crippen LogP contribution in [0.4, 0.5) is 0 Å². The molecule has 0 rings (SSSR count). The van der Waals surface area contributed by atoms with E-state index >= 15 is 0 Å². The molecule has 0 unspecified atom stereocenters. The first-order chi connectivity index (χ1) is 6.68. The van der Waals surface area contributed by atoms with Gasteiger partial charge in [0, 0.05) is 26.8 Å². The van der Waals surface area contributed by atoms with E-state index in [1.54, 1.807) is 14.2 Å². The Hall–Kier alpha value is -0.783. The third-order valence-corrected chi connectivity index (χ3v) is 4.66. The van der Waals surface area contributed by atoms with Crippen molar-refractivity contribution in [1.29, 1.82) is 0 Å². The van der Waals surface area contributed by atoms with Gasteiger partial charge in [0.15, 0.2) is 0 Å². The van der Waals surface area contributed by atoms with E-state index in [1.807, 2.05) is 24.9 Å². The van der Waals surface area contributed by atoms with Crippen LogP contribution in [0.1, 0.15) is 0 Å². The van der Waals surface area contributed by atoms with Gasteiger partial charge in [-0.3, -0.25) is 0 Å². The molecule has 0 amide bonds. The summed E-state index contributed by atoms with van der Waals surface area (Å²) >= 11 is 0. The Morgan fingerprint density at radius 1 is 1.29 bits per heavy atom. The topological polar surface area (TPSA) is 56.5 Å². The Kier molecular flexibility index (Phi) is 7.18. The Morgan fingerprint density at radius 3 is 2.43 bits per heavy atom. The Morgan fingerprint density at radius 2 is 1.93 bits per heavy atom. The second kappa shape index (κ2) is 7.60. The highest BCUT2D eigenvalue weighted by Crippen LogP contribution is 2.10. The van der Waals surface area contributed by atoms with Gasteiger partial charge in [0.25, 0.3) is 0 Å². The predicted molar refractivity (Wildman–Crippen MR) is 60.9 cm³/mol. The first kappa shape index (κ1) is 13.2. The van der Waals surface area contributed by atoms with Crippen molar-refractivity contribution in [2.24, 2.45) is 5.73 Å². The fourth-order valence-corrected chi connectivity index (χ4v) is 1.86. The van der Waals surface area contributed by atoms with E-state index in [0.29, 0.717) is 0 Å². The lowest BCUT2D eigenvalue weighted by Gasteiger charge is -2.20. The molecule has 0 heterocycles. The number of nitrogens with one attached hydrogen (secondary N) is 1. The monoisotopic (exact) mass is 216 g/mol. The Bertz CT molecular complexity index is 191. The SMILES string of the molecule is CO[Si](C)(CC=CNCC=CN)OC. The zero-order valence-electron chi connectivity index (χ0n) is 9.12. The van der Waals surface area contributed by atoms with E-state index < -0.39 is 8.56 Å². The van der Waals surface area contributed by atoms with Crippen LogP contribution in [0.5, 0.6) is 0 Å². The summed E-state index contributed by atoms with van der Waals surface area (Å²) in [7, 11) is 1.44. The van der Waals surface area contributed by atoms with Crippen LogP contribution in [-0.4, -0.2) is 29.3 Å². The molecule has 14 heavy (non-hydrogen) atoms. The van der Waals surface area contributed by atoms with E-state index in [1.165, 1.54) is 6.20 Å². The van der Waals surface area contributed by atoms with Gasteiger partial charge in [-0.05, 0) is 25.0 Å². The van der Waals surface area contributed by atoms with Gasteiger partial charge < -0.3 is 19.9 Å². The van der Waals surface area contributed by atoms with Crippen LogP contribution in [0.15, 0.2) is 24.6 Å². The second-order valence-electron chi connectivity index (χ2n) is 2.98. The van der Waals surface area contributed by atoms with Gasteiger partial charge in [0.05, 0.1) is 0 Å². The van der Waals surface area contributed by atoms with E-state index in [2.05, 4.69) is 5.32 Å². The first-order valence-corrected chi connectivity index (χ1v) is 7.06. The lowest BCUT2D eigenvalue weighted by atomic mass is 10.6. The quantitative estimate of drug-likeness (QED) is 0.491. The summed E-state index contributed by atoms with van der Waals surface area (Å²) in [6.45, 7) is 2.77. The lowest BCUT2D eigenvalue weighted by molar-refractivity contribution is 0.253. The minimum Gasteiger partial charge on any atom is -0.405 e. The molecule has 0 spiro atoms. The van der Waals surface area contributed by atoms with Gasteiger partial charge in [-0.1, -0.05) is 6.08 Å². The number of allylic oxidation sites excluding steroid dienone is 1. The average molecular weight is 216 g/mol. The van der Waals surface area contributed by atoms with Crippen molar-refractivity contribution in [3.05, 3.63) is 24.6 Å². The molecule has 82 valence electrons. The summed E-state index contributed by atoms with van der Waals surface area (Å²) in [5.74, 6) is 0. The highest BCUT2D eigenvalue weighted by Gasteiger charge is 2.26. The highest BCUT2D eigenvalue weighted by molar-refractivity contribution is 6.66. The molecule has 3 N–H and O–H groups in total. The highest BCUT2D eigenvalue weighted by atomic mass is 28.4. The van der Waals surface area contributed by atoms with Crippen LogP contribution in [0.2, 0.25) is 12.6 Å². The van der Waals surface area contributed by atoms with E-state index in [9.17, 15) is 0 Å². The first-order valence-electron chi connectivity index (χ1n) is 4.54. The van der Waals surface area contributed by atoms with Crippen LogP contribution >= 0.6 is 0 Å². The van der Waals surface area contributed by atoms with Gasteiger partial charge in [0.2, 0.25) is 0 Å². The van der Waals surface area contributed by atoms with Crippen molar-refractivity contribution in [2.45, 2.75) is 12.6 Å². The molecule has 5 heteroatoms. The molecule has 0 aromatic rings. The Balaban J connectivity index is 3.69. The summed E-state index contributed by atoms with van der Waals surface area (Å²) in [6, 6.07) is 0.833. The molecular formula is C9H20N2O2Si. The summed E-state index contributed by atoms with van der Waals surface area (Å²) in [5, 5.41) is 3.07. The molecule has 0 fully saturated rings. The summed E-state index contributed by atoms with van der Waals surface area (Å²) in [6.07, 6.45) is 7.27. The molecule has 0 aliphatic heterocycles. The van der Waals surface area contributed by atoms with Crippen LogP contribution < -0.4 is 11.1 Å². The van der Waals surface area contributed by atoms with Crippen LogP contribution in [0.3, 0.4) is 0 Å². The molecule has 0 aliphatic rings. The van der Waals surface area contributed by atoms with Crippen LogP contribution in [0, 0.1) is 0 Å². The molecule has 0 saturated carbocycles. The minimum absolute atomic E-state index is 0.741. The standard InChI is InChI=1S/C9H20N2O2Si/c1-12-14(3,13-2)9-5-8-11-7-4-6-10/h4-6,8,11H,7,9-10H2,1-3H3. The normalized spacial score (nSPS) is 12.8. The van der Waals surface area contributed by atoms with Gasteiger partial charge in [0.1, 0.15) is 0 Å². The fourth-order valence-electron chi connectivity index (χ4n) is 0.810. The number of nitrogens with two attached hydrogens (primary N) is 1. The van der Waals surface area contributed by atoms with E-state index in [-0.39, 0.29) is 0 Å².